The van der Waals surface area contributed by atoms with E-state index in [2.05, 4.69) is 16.0 Å². The summed E-state index contributed by atoms with van der Waals surface area (Å²) >= 11 is 0. The number of amides is 5. The number of hydrogen-bond acceptors (Lipinski definition) is 8. The van der Waals surface area contributed by atoms with E-state index in [-0.39, 0.29) is 25.4 Å². The van der Waals surface area contributed by atoms with Crippen LogP contribution in [0.15, 0.2) is 0 Å². The van der Waals surface area contributed by atoms with Crippen LogP contribution >= 0.6 is 0 Å². The van der Waals surface area contributed by atoms with Gasteiger partial charge in [-0.3, -0.25) is 33.6 Å². The SMILES string of the molecule is CC(C)C[C@H](NC(=O)CN)C(=O)N1CCC[C@H]1C(=O)N[C@@H](CC(=O)O)C(=O)NCC(=O)NCC(=O)O. The van der Waals surface area contributed by atoms with E-state index in [4.69, 9.17) is 15.9 Å². The topological polar surface area (TPSA) is 237 Å². The lowest BCUT2D eigenvalue weighted by atomic mass is 10.0. The van der Waals surface area contributed by atoms with E-state index >= 15 is 0 Å². The molecule has 36 heavy (non-hydrogen) atoms. The number of nitrogens with zero attached hydrogens (tertiary/aromatic N) is 1. The second kappa shape index (κ2) is 14.6. The Hall–Kier alpha value is -3.75. The number of carboxylic acid groups (broad SMARTS) is 2. The zero-order chi connectivity index (χ0) is 27.4. The maximum Gasteiger partial charge on any atom is 0.322 e. The quantitative estimate of drug-likeness (QED) is 0.122. The molecule has 0 spiro atoms. The molecule has 1 aliphatic heterocycles. The van der Waals surface area contributed by atoms with Crippen molar-refractivity contribution >= 4 is 41.5 Å². The normalized spacial score (nSPS) is 16.6. The van der Waals surface area contributed by atoms with E-state index in [1.165, 1.54) is 4.90 Å². The molecule has 202 valence electrons. The molecule has 0 aromatic heterocycles. The molecule has 0 aromatic carbocycles. The molecule has 0 aromatic rings. The van der Waals surface area contributed by atoms with Gasteiger partial charge in [0, 0.05) is 6.54 Å². The highest BCUT2D eigenvalue weighted by Gasteiger charge is 2.39. The summed E-state index contributed by atoms with van der Waals surface area (Å²) in [5.74, 6) is -6.22. The number of hydrogen-bond donors (Lipinski definition) is 7. The molecule has 0 saturated carbocycles. The first-order valence-corrected chi connectivity index (χ1v) is 11.4. The first-order valence-electron chi connectivity index (χ1n) is 11.4. The predicted octanol–water partition coefficient (Wildman–Crippen LogP) is -3.26. The van der Waals surface area contributed by atoms with Crippen molar-refractivity contribution in [2.45, 2.75) is 57.7 Å². The maximum atomic E-state index is 13.2. The number of carbonyl (C=O) groups is 7. The van der Waals surface area contributed by atoms with Crippen molar-refractivity contribution in [1.29, 1.82) is 0 Å². The molecule has 0 radical (unpaired) electrons. The average molecular weight is 515 g/mol. The molecule has 5 amide bonds. The molecular weight excluding hydrogens is 480 g/mol. The van der Waals surface area contributed by atoms with E-state index in [0.717, 1.165) is 0 Å². The number of carbonyl (C=O) groups excluding carboxylic acids is 5. The van der Waals surface area contributed by atoms with Crippen molar-refractivity contribution < 1.29 is 43.8 Å². The van der Waals surface area contributed by atoms with Gasteiger partial charge in [0.25, 0.3) is 0 Å². The fourth-order valence-corrected chi connectivity index (χ4v) is 3.63. The zero-order valence-corrected chi connectivity index (χ0v) is 20.2. The summed E-state index contributed by atoms with van der Waals surface area (Å²) in [6, 6.07) is -3.45. The Labute approximate surface area is 207 Å². The maximum absolute atomic E-state index is 13.2. The number of rotatable bonds is 14. The summed E-state index contributed by atoms with van der Waals surface area (Å²) in [6.07, 6.45) is 0.249. The summed E-state index contributed by atoms with van der Waals surface area (Å²) in [5.41, 5.74) is 5.34. The highest BCUT2D eigenvalue weighted by Crippen LogP contribution is 2.21. The number of nitrogens with two attached hydrogens (primary N) is 1. The van der Waals surface area contributed by atoms with Crippen molar-refractivity contribution in [3.8, 4) is 0 Å². The predicted molar refractivity (Wildman–Crippen MR) is 123 cm³/mol. The Morgan fingerprint density at radius 3 is 2.14 bits per heavy atom. The van der Waals surface area contributed by atoms with Crippen LogP contribution in [0.2, 0.25) is 0 Å². The summed E-state index contributed by atoms with van der Waals surface area (Å²) in [4.78, 5) is 85.0. The second-order valence-electron chi connectivity index (χ2n) is 8.69. The third kappa shape index (κ3) is 10.2. The summed E-state index contributed by atoms with van der Waals surface area (Å²) in [6.45, 7) is 2.33. The van der Waals surface area contributed by atoms with Gasteiger partial charge in [0.2, 0.25) is 29.5 Å². The Kier molecular flexibility index (Phi) is 12.3. The van der Waals surface area contributed by atoms with Crippen LogP contribution in [0.3, 0.4) is 0 Å². The second-order valence-corrected chi connectivity index (χ2v) is 8.69. The van der Waals surface area contributed by atoms with Gasteiger partial charge in [0.05, 0.1) is 19.5 Å². The Morgan fingerprint density at radius 1 is 0.917 bits per heavy atom. The molecule has 1 saturated heterocycles. The van der Waals surface area contributed by atoms with Crippen molar-refractivity contribution in [3.63, 3.8) is 0 Å². The van der Waals surface area contributed by atoms with E-state index < -0.39 is 79.1 Å². The van der Waals surface area contributed by atoms with Gasteiger partial charge in [-0.15, -0.1) is 0 Å². The lowest BCUT2D eigenvalue weighted by molar-refractivity contribution is -0.144. The van der Waals surface area contributed by atoms with Crippen LogP contribution in [-0.4, -0.2) is 101 Å². The van der Waals surface area contributed by atoms with Gasteiger partial charge in [-0.2, -0.15) is 0 Å². The van der Waals surface area contributed by atoms with Crippen LogP contribution in [0.5, 0.6) is 0 Å². The van der Waals surface area contributed by atoms with Crippen molar-refractivity contribution in [2.24, 2.45) is 11.7 Å². The average Bonchev–Trinajstić information content (AvgIpc) is 3.29. The highest BCUT2D eigenvalue weighted by atomic mass is 16.4. The highest BCUT2D eigenvalue weighted by molar-refractivity contribution is 5.96. The largest absolute Gasteiger partial charge is 0.481 e. The smallest absolute Gasteiger partial charge is 0.322 e. The zero-order valence-electron chi connectivity index (χ0n) is 20.2. The lowest BCUT2D eigenvalue weighted by Gasteiger charge is -2.30. The lowest BCUT2D eigenvalue weighted by Crippen LogP contribution is -2.57. The van der Waals surface area contributed by atoms with Crippen LogP contribution < -0.4 is 27.0 Å². The molecule has 0 bridgehead atoms. The number of aliphatic carboxylic acids is 2. The molecule has 0 unspecified atom stereocenters. The molecule has 1 rings (SSSR count). The van der Waals surface area contributed by atoms with Gasteiger partial charge < -0.3 is 42.1 Å². The monoisotopic (exact) mass is 514 g/mol. The van der Waals surface area contributed by atoms with Crippen LogP contribution in [-0.2, 0) is 33.6 Å². The standard InChI is InChI=1S/C21H34N6O9/c1-11(2)6-13(25-15(28)8-22)21(36)27-5-3-4-14(27)20(35)26-12(7-17(30)31)19(34)24-9-16(29)23-10-18(32)33/h11-14H,3-10,22H2,1-2H3,(H,23,29)(H,24,34)(H,25,28)(H,26,35)(H,30,31)(H,32,33)/t12-,13-,14-/m0/s1. The molecular formula is C21H34N6O9. The van der Waals surface area contributed by atoms with Crippen molar-refractivity contribution in [3.05, 3.63) is 0 Å². The molecule has 15 heteroatoms. The van der Waals surface area contributed by atoms with E-state index in [1.807, 2.05) is 19.2 Å². The van der Waals surface area contributed by atoms with E-state index in [1.54, 1.807) is 0 Å². The molecule has 1 fully saturated rings. The summed E-state index contributed by atoms with van der Waals surface area (Å²) < 4.78 is 0. The van der Waals surface area contributed by atoms with Gasteiger partial charge in [-0.1, -0.05) is 13.8 Å². The van der Waals surface area contributed by atoms with E-state index in [0.29, 0.717) is 12.8 Å². The first kappa shape index (κ1) is 30.3. The van der Waals surface area contributed by atoms with Crippen LogP contribution in [0, 0.1) is 5.92 Å². The van der Waals surface area contributed by atoms with Gasteiger partial charge in [-0.25, -0.2) is 0 Å². The van der Waals surface area contributed by atoms with E-state index in [9.17, 15) is 33.6 Å². The molecule has 15 nitrogen and oxygen atoms in total. The minimum Gasteiger partial charge on any atom is -0.481 e. The van der Waals surface area contributed by atoms with Crippen LogP contribution in [0.25, 0.3) is 0 Å². The number of likely N-dealkylation sites (tertiary alicyclic amines) is 1. The number of nitrogens with one attached hydrogen (secondary N) is 4. The van der Waals surface area contributed by atoms with Gasteiger partial charge in [0.1, 0.15) is 24.7 Å². The minimum atomic E-state index is -1.55. The van der Waals surface area contributed by atoms with Crippen molar-refractivity contribution in [2.75, 3.05) is 26.2 Å². The molecule has 8 N–H and O–H groups in total. The van der Waals surface area contributed by atoms with Gasteiger partial charge in [-0.05, 0) is 25.2 Å². The fourth-order valence-electron chi connectivity index (χ4n) is 3.63. The van der Waals surface area contributed by atoms with Gasteiger partial charge >= 0.3 is 11.9 Å². The molecule has 3 atom stereocenters. The van der Waals surface area contributed by atoms with Crippen LogP contribution in [0.1, 0.15) is 39.5 Å². The van der Waals surface area contributed by atoms with Crippen LogP contribution in [0.4, 0.5) is 0 Å². The van der Waals surface area contributed by atoms with Crippen molar-refractivity contribution in [1.82, 2.24) is 26.2 Å². The molecule has 1 heterocycles. The fraction of sp³-hybridized carbons (Fsp3) is 0.667. The Morgan fingerprint density at radius 2 is 1.58 bits per heavy atom. The summed E-state index contributed by atoms with van der Waals surface area (Å²) in [7, 11) is 0. The summed E-state index contributed by atoms with van der Waals surface area (Å²) in [5, 5.41) is 26.8. The van der Waals surface area contributed by atoms with Gasteiger partial charge in [0.15, 0.2) is 0 Å². The minimum absolute atomic E-state index is 0.0447. The third-order valence-electron chi connectivity index (χ3n) is 5.24. The number of carboxylic acids is 2. The first-order chi connectivity index (χ1) is 16.8. The molecule has 1 aliphatic rings. The third-order valence-corrected chi connectivity index (χ3v) is 5.24. The molecule has 0 aliphatic carbocycles. The Balaban J connectivity index is 2.90. The Bertz CT molecular complexity index is 863.